The SMILES string of the molecule is NCCCC[C@H](NC(=O)CNC(=O)CNC(=O)CNC(=O)CNC(=O)CNC(=O)[C@@H]1CSc2c3ccc(Br)cc3c(O)n21)C(=O)N[C@@H](CCCCN)C(=O)N[C@@H](CCCN=C(N)N)C(=O)N1CCC[C@H]1C(=O)N1C[C@H](O)C[C@H]1C(=O)NCC(=O)N[C@H](C(=O)N[C@@H](CO)C(=O)N1Cc2ccccc2C[C@@H]1C(=O)N[C@H](C(=O)O)C1CCCC1)C1CCCC1. The molecule has 0 spiro atoms. The van der Waals surface area contributed by atoms with Gasteiger partial charge in [0.05, 0.1) is 57.0 Å². The summed E-state index contributed by atoms with van der Waals surface area (Å²) in [5.74, 6) is -13.8. The molecule has 1 aromatic heterocycles. The highest BCUT2D eigenvalue weighted by molar-refractivity contribution is 9.10. The molecule has 662 valence electrons. The van der Waals surface area contributed by atoms with Crippen LogP contribution in [0.3, 0.4) is 0 Å². The molecule has 6 aliphatic rings. The van der Waals surface area contributed by atoms with E-state index in [0.29, 0.717) is 85.9 Å². The normalized spacial score (nSPS) is 19.6. The van der Waals surface area contributed by atoms with Crippen LogP contribution in [0.5, 0.6) is 5.88 Å². The first-order valence-corrected chi connectivity index (χ1v) is 42.8. The zero-order valence-electron chi connectivity index (χ0n) is 67.2. The van der Waals surface area contributed by atoms with Crippen molar-refractivity contribution in [2.75, 3.05) is 84.4 Å². The van der Waals surface area contributed by atoms with Gasteiger partial charge in [-0.15, -0.1) is 11.8 Å². The number of likely N-dealkylation sites (tertiary alicyclic amines) is 2. The second kappa shape index (κ2) is 45.8. The predicted molar refractivity (Wildman–Crippen MR) is 440 cm³/mol. The van der Waals surface area contributed by atoms with Crippen LogP contribution in [0, 0.1) is 11.8 Å². The third-order valence-corrected chi connectivity index (χ3v) is 24.1. The minimum Gasteiger partial charge on any atom is -0.494 e. The van der Waals surface area contributed by atoms with E-state index >= 15 is 0 Å². The van der Waals surface area contributed by atoms with E-state index in [1.54, 1.807) is 30.3 Å². The van der Waals surface area contributed by atoms with Gasteiger partial charge in [-0.05, 0) is 138 Å². The van der Waals surface area contributed by atoms with Crippen molar-refractivity contribution in [3.8, 4) is 5.88 Å². The summed E-state index contributed by atoms with van der Waals surface area (Å²) < 4.78 is 2.24. The number of nitrogens with zero attached hydrogens (tertiary/aromatic N) is 5. The molecule has 5 heterocycles. The summed E-state index contributed by atoms with van der Waals surface area (Å²) in [4.78, 5) is 227. The number of amides is 15. The number of guanidine groups is 1. The number of carboxylic acids is 1. The predicted octanol–water partition coefficient (Wildman–Crippen LogP) is -4.96. The topological polar surface area (TPSA) is 629 Å². The molecule has 4 fully saturated rings. The molecule has 2 aromatic carbocycles. The molecule has 0 unspecified atom stereocenters. The van der Waals surface area contributed by atoms with Crippen molar-refractivity contribution in [3.63, 3.8) is 0 Å². The molecule has 2 aliphatic carbocycles. The zero-order valence-corrected chi connectivity index (χ0v) is 69.6. The van der Waals surface area contributed by atoms with Gasteiger partial charge in [0.2, 0.25) is 94.5 Å². The van der Waals surface area contributed by atoms with Gasteiger partial charge in [-0.25, -0.2) is 4.79 Å². The molecule has 11 atom stereocenters. The summed E-state index contributed by atoms with van der Waals surface area (Å²) in [6.45, 7) is -4.74. The Labute approximate surface area is 710 Å². The number of carboxylic acid groups (broad SMARTS) is 1. The van der Waals surface area contributed by atoms with Crippen LogP contribution >= 0.6 is 27.7 Å². The number of halogens is 1. The van der Waals surface area contributed by atoms with Crippen molar-refractivity contribution >= 4 is 139 Å². The minimum atomic E-state index is -1.62. The van der Waals surface area contributed by atoms with Gasteiger partial charge in [-0.3, -0.25) is 81.5 Å². The Kier molecular flexibility index (Phi) is 35.6. The number of aromatic nitrogens is 1. The third kappa shape index (κ3) is 26.1. The number of hydrogen-bond donors (Lipinski definition) is 20. The summed E-state index contributed by atoms with van der Waals surface area (Å²) in [7, 11) is 0. The Morgan fingerprint density at radius 3 is 1.63 bits per heavy atom. The number of nitrogens with two attached hydrogens (primary N) is 4. The fourth-order valence-corrected chi connectivity index (χ4v) is 17.8. The number of aliphatic hydroxyl groups excluding tert-OH is 2. The molecule has 0 bridgehead atoms. The molecule has 3 aromatic rings. The Morgan fingerprint density at radius 1 is 0.521 bits per heavy atom. The van der Waals surface area contributed by atoms with Gasteiger partial charge >= 0.3 is 5.97 Å². The summed E-state index contributed by atoms with van der Waals surface area (Å²) >= 11 is 4.75. The Balaban J connectivity index is 0.755. The fraction of sp³-hybridized carbons (Fsp3) is 0.603. The number of aliphatic imine (C=N–C) groups is 1. The maximum Gasteiger partial charge on any atom is 0.326 e. The minimum absolute atomic E-state index is 0.000492. The van der Waals surface area contributed by atoms with E-state index in [-0.39, 0.29) is 108 Å². The number of carbonyl (C=O) groups is 16. The molecule has 15 amide bonds. The molecule has 2 saturated heterocycles. The Hall–Kier alpha value is -10.8. The van der Waals surface area contributed by atoms with E-state index in [1.807, 2.05) is 12.1 Å². The lowest BCUT2D eigenvalue weighted by Gasteiger charge is -2.38. The van der Waals surface area contributed by atoms with Crippen molar-refractivity contribution in [1.82, 2.24) is 83.1 Å². The average molecular weight is 1780 g/mol. The number of carbonyl (C=O) groups excluding carboxylic acids is 15. The lowest BCUT2D eigenvalue weighted by Crippen LogP contribution is -2.62. The van der Waals surface area contributed by atoms with E-state index < -0.39 is 213 Å². The van der Waals surface area contributed by atoms with Gasteiger partial charge in [0.15, 0.2) is 5.96 Å². The summed E-state index contributed by atoms with van der Waals surface area (Å²) in [5.41, 5.74) is 24.3. The maximum atomic E-state index is 15.0. The van der Waals surface area contributed by atoms with E-state index in [1.165, 1.54) is 26.1 Å². The van der Waals surface area contributed by atoms with E-state index in [9.17, 15) is 97.1 Å². The molecule has 4 aliphatic heterocycles. The van der Waals surface area contributed by atoms with Gasteiger partial charge in [0, 0.05) is 60.0 Å². The van der Waals surface area contributed by atoms with Crippen LogP contribution in [0.25, 0.3) is 10.8 Å². The van der Waals surface area contributed by atoms with Crippen molar-refractivity contribution in [1.29, 1.82) is 0 Å². The Morgan fingerprint density at radius 2 is 1.04 bits per heavy atom. The standard InChI is InChI=1S/C78H112BrN21O20S/c79-46-23-24-48-49(30-46)72(115)100-57(41-121-76(48)100)69(112)89-35-61(106)87-33-59(104)85-32-58(103)86-34-60(105)88-36-62(107)91-50(19-7-9-25-80)66(109)92-51(20-8-10-26-81)67(110)93-52(21-11-27-84-78(82)83)73(116)97-28-12-22-54(97)75(118)99-39-47(102)31-56(99)68(111)90-37-63(108)95-64(42-13-1-2-14-42)71(114)94-53(40-101)74(117)98-38-45-18-6-5-17-44(45)29-55(98)70(113)96-65(77(119)120)43-15-3-4-16-43/h5-6,17-18,23-24,30,42-43,47,50-57,64-65,101-102,115H,1-4,7-16,19-22,25-29,31-41,80-81H2,(H,85,104)(H,86,103)(H,87,106)(H,88,105)(H,89,112)(H,90,111)(H,91,107)(H,92,109)(H,93,110)(H,94,114)(H,95,108)(H,96,113)(H,119,120)(H4,82,83,84)/t47-,50+,51+,52+,53+,54+,55-,56+,57+,64+,65+/m1/s1. The van der Waals surface area contributed by atoms with Crippen molar-refractivity contribution < 1.29 is 97.1 Å². The fourth-order valence-electron chi connectivity index (χ4n) is 16.2. The number of hydrogen-bond acceptors (Lipinski definition) is 23. The number of fused-ring (bicyclic) bond motifs is 4. The van der Waals surface area contributed by atoms with Crippen molar-refractivity contribution in [2.45, 2.75) is 207 Å². The molecule has 41 nitrogen and oxygen atoms in total. The van der Waals surface area contributed by atoms with Gasteiger partial charge < -0.3 is 122 Å². The first kappa shape index (κ1) is 94.1. The van der Waals surface area contributed by atoms with Crippen molar-refractivity contribution in [2.24, 2.45) is 39.8 Å². The highest BCUT2D eigenvalue weighted by Crippen LogP contribution is 2.47. The van der Waals surface area contributed by atoms with Crippen molar-refractivity contribution in [3.05, 3.63) is 58.1 Å². The van der Waals surface area contributed by atoms with Crippen LogP contribution in [0.1, 0.15) is 139 Å². The average Bonchev–Trinajstić information content (AvgIpc) is 1.60. The highest BCUT2D eigenvalue weighted by Gasteiger charge is 2.48. The van der Waals surface area contributed by atoms with E-state index in [0.717, 1.165) is 33.2 Å². The van der Waals surface area contributed by atoms with Crippen LogP contribution in [0.4, 0.5) is 0 Å². The second-order valence-corrected chi connectivity index (χ2v) is 33.0. The number of rotatable bonds is 43. The number of aliphatic hydroxyl groups is 2. The number of nitrogens with one attached hydrogen (secondary N) is 12. The number of thioether (sulfide) groups is 1. The molecule has 43 heteroatoms. The first-order valence-electron chi connectivity index (χ1n) is 41.0. The second-order valence-electron chi connectivity index (χ2n) is 31.1. The van der Waals surface area contributed by atoms with Crippen LogP contribution in [-0.2, 0) is 89.7 Å². The maximum absolute atomic E-state index is 15.0. The number of β-amino-alcohol motifs (C(OH)–C–C–N with tert-alkyl or cyclic N) is 1. The zero-order chi connectivity index (χ0) is 87.6. The van der Waals surface area contributed by atoms with E-state index in [2.05, 4.69) is 84.7 Å². The molecular weight excluding hydrogens is 1660 g/mol. The lowest BCUT2D eigenvalue weighted by atomic mass is 9.91. The number of benzene rings is 2. The molecule has 0 radical (unpaired) electrons. The van der Waals surface area contributed by atoms with Gasteiger partial charge in [-0.2, -0.15) is 0 Å². The third-order valence-electron chi connectivity index (χ3n) is 22.5. The van der Waals surface area contributed by atoms with E-state index in [4.69, 9.17) is 22.9 Å². The van der Waals surface area contributed by atoms with Gasteiger partial charge in [-0.1, -0.05) is 71.9 Å². The van der Waals surface area contributed by atoms with Crippen LogP contribution in [0.2, 0.25) is 0 Å². The van der Waals surface area contributed by atoms with Crippen LogP contribution < -0.4 is 86.7 Å². The molecule has 24 N–H and O–H groups in total. The lowest BCUT2D eigenvalue weighted by molar-refractivity contribution is -0.148. The molecule has 121 heavy (non-hydrogen) atoms. The summed E-state index contributed by atoms with van der Waals surface area (Å²) in [6.07, 6.45) is 5.44. The summed E-state index contributed by atoms with van der Waals surface area (Å²) in [5, 5.41) is 75.1. The Bertz CT molecular complexity index is 4310. The monoisotopic (exact) mass is 1770 g/mol. The smallest absolute Gasteiger partial charge is 0.326 e. The molecular formula is C78H112BrN21O20S. The molecule has 9 rings (SSSR count). The van der Waals surface area contributed by atoms with Crippen LogP contribution in [-0.4, -0.2) is 285 Å². The number of unbranched alkanes of at least 4 members (excludes halogenated alkanes) is 2. The van der Waals surface area contributed by atoms with Gasteiger partial charge in [0.1, 0.15) is 60.4 Å². The quantitative estimate of drug-likeness (QED) is 0.0143. The van der Waals surface area contributed by atoms with Gasteiger partial charge in [0.25, 0.3) is 0 Å². The highest BCUT2D eigenvalue weighted by atomic mass is 79.9. The number of aromatic hydroxyl groups is 1. The summed E-state index contributed by atoms with van der Waals surface area (Å²) in [6, 6.07) is -0.366. The molecule has 2 saturated carbocycles. The first-order chi connectivity index (χ1) is 58.0. The number of aliphatic carboxylic acids is 1. The van der Waals surface area contributed by atoms with Crippen LogP contribution in [0.15, 0.2) is 57.0 Å². The largest absolute Gasteiger partial charge is 0.494 e.